The minimum absolute atomic E-state index is 0.217. The number of ether oxygens (including phenoxy) is 1. The number of carbonyl (C=O) groups excluding carboxylic acids is 1. The second-order valence-corrected chi connectivity index (χ2v) is 4.57. The topological polar surface area (TPSA) is 41.6 Å². The maximum absolute atomic E-state index is 11.8. The number of benzene rings is 1. The zero-order valence-corrected chi connectivity index (χ0v) is 12.8. The number of nitrogens with zero attached hydrogens (tertiary/aromatic N) is 1. The SMILES string of the molecule is CCOc1ccc(CNCCC(=O)N(CC)CC)cc1. The van der Waals surface area contributed by atoms with Crippen LogP contribution in [-0.2, 0) is 11.3 Å². The molecule has 0 saturated carbocycles. The summed E-state index contributed by atoms with van der Waals surface area (Å²) in [6.07, 6.45) is 0.554. The summed E-state index contributed by atoms with van der Waals surface area (Å²) in [5, 5.41) is 3.30. The minimum atomic E-state index is 0.217. The lowest BCUT2D eigenvalue weighted by Crippen LogP contribution is -2.32. The molecule has 1 rings (SSSR count). The molecular formula is C16H26N2O2. The molecule has 1 aromatic rings. The van der Waals surface area contributed by atoms with E-state index in [9.17, 15) is 4.79 Å². The van der Waals surface area contributed by atoms with Crippen molar-refractivity contribution in [2.24, 2.45) is 0 Å². The van der Waals surface area contributed by atoms with Crippen LogP contribution in [0.3, 0.4) is 0 Å². The molecule has 1 aromatic carbocycles. The van der Waals surface area contributed by atoms with Gasteiger partial charge < -0.3 is 15.0 Å². The van der Waals surface area contributed by atoms with Gasteiger partial charge in [-0.2, -0.15) is 0 Å². The Balaban J connectivity index is 2.25. The predicted molar refractivity (Wildman–Crippen MR) is 81.9 cm³/mol. The van der Waals surface area contributed by atoms with Gasteiger partial charge in [0.25, 0.3) is 0 Å². The van der Waals surface area contributed by atoms with Crippen LogP contribution in [0.25, 0.3) is 0 Å². The molecule has 1 amide bonds. The number of hydrogen-bond acceptors (Lipinski definition) is 3. The van der Waals surface area contributed by atoms with Gasteiger partial charge in [0.05, 0.1) is 6.61 Å². The van der Waals surface area contributed by atoms with Crippen LogP contribution < -0.4 is 10.1 Å². The highest BCUT2D eigenvalue weighted by atomic mass is 16.5. The Hall–Kier alpha value is -1.55. The van der Waals surface area contributed by atoms with Gasteiger partial charge in [0, 0.05) is 32.6 Å². The van der Waals surface area contributed by atoms with Gasteiger partial charge in [0.2, 0.25) is 5.91 Å². The maximum Gasteiger partial charge on any atom is 0.223 e. The third-order valence-electron chi connectivity index (χ3n) is 3.20. The van der Waals surface area contributed by atoms with E-state index in [-0.39, 0.29) is 5.91 Å². The number of nitrogens with one attached hydrogen (secondary N) is 1. The molecule has 0 aliphatic heterocycles. The van der Waals surface area contributed by atoms with Crippen LogP contribution in [0.4, 0.5) is 0 Å². The Morgan fingerprint density at radius 3 is 2.35 bits per heavy atom. The van der Waals surface area contributed by atoms with Crippen molar-refractivity contribution in [2.75, 3.05) is 26.2 Å². The predicted octanol–water partition coefficient (Wildman–Crippen LogP) is 2.43. The summed E-state index contributed by atoms with van der Waals surface area (Å²) >= 11 is 0. The van der Waals surface area contributed by atoms with Gasteiger partial charge >= 0.3 is 0 Å². The summed E-state index contributed by atoms with van der Waals surface area (Å²) in [7, 11) is 0. The number of rotatable bonds is 9. The summed E-state index contributed by atoms with van der Waals surface area (Å²) in [5.41, 5.74) is 1.20. The highest BCUT2D eigenvalue weighted by Crippen LogP contribution is 2.11. The molecule has 0 heterocycles. The van der Waals surface area contributed by atoms with E-state index in [4.69, 9.17) is 4.74 Å². The van der Waals surface area contributed by atoms with Crippen molar-refractivity contribution in [1.29, 1.82) is 0 Å². The van der Waals surface area contributed by atoms with Crippen LogP contribution >= 0.6 is 0 Å². The summed E-state index contributed by atoms with van der Waals surface area (Å²) < 4.78 is 5.40. The number of amides is 1. The molecule has 1 N–H and O–H groups in total. The lowest BCUT2D eigenvalue weighted by atomic mass is 10.2. The molecule has 20 heavy (non-hydrogen) atoms. The van der Waals surface area contributed by atoms with E-state index in [0.29, 0.717) is 19.6 Å². The van der Waals surface area contributed by atoms with Crippen molar-refractivity contribution in [3.63, 3.8) is 0 Å². The molecule has 0 fully saturated rings. The van der Waals surface area contributed by atoms with Crippen LogP contribution in [0, 0.1) is 0 Å². The van der Waals surface area contributed by atoms with E-state index in [1.807, 2.05) is 49.9 Å². The first kappa shape index (κ1) is 16.5. The minimum Gasteiger partial charge on any atom is -0.494 e. The second kappa shape index (κ2) is 9.37. The molecule has 0 atom stereocenters. The average Bonchev–Trinajstić information content (AvgIpc) is 2.47. The van der Waals surface area contributed by atoms with E-state index in [0.717, 1.165) is 25.4 Å². The maximum atomic E-state index is 11.8. The zero-order valence-electron chi connectivity index (χ0n) is 12.8. The van der Waals surface area contributed by atoms with Crippen molar-refractivity contribution >= 4 is 5.91 Å². The Kier molecular flexibility index (Phi) is 7.73. The average molecular weight is 278 g/mol. The monoisotopic (exact) mass is 278 g/mol. The smallest absolute Gasteiger partial charge is 0.223 e. The van der Waals surface area contributed by atoms with Gasteiger partial charge in [0.1, 0.15) is 5.75 Å². The molecule has 0 aliphatic rings. The van der Waals surface area contributed by atoms with Gasteiger partial charge in [-0.25, -0.2) is 0 Å². The lowest BCUT2D eigenvalue weighted by molar-refractivity contribution is -0.130. The van der Waals surface area contributed by atoms with Crippen molar-refractivity contribution in [1.82, 2.24) is 10.2 Å². The number of carbonyl (C=O) groups is 1. The highest BCUT2D eigenvalue weighted by Gasteiger charge is 2.08. The Morgan fingerprint density at radius 2 is 1.80 bits per heavy atom. The van der Waals surface area contributed by atoms with Crippen molar-refractivity contribution in [3.8, 4) is 5.75 Å². The van der Waals surface area contributed by atoms with Crippen LogP contribution in [0.2, 0.25) is 0 Å². The van der Waals surface area contributed by atoms with Gasteiger partial charge in [-0.15, -0.1) is 0 Å². The van der Waals surface area contributed by atoms with Gasteiger partial charge in [0.15, 0.2) is 0 Å². The Bertz CT molecular complexity index is 386. The van der Waals surface area contributed by atoms with E-state index < -0.39 is 0 Å². The van der Waals surface area contributed by atoms with E-state index in [2.05, 4.69) is 5.32 Å². The third kappa shape index (κ3) is 5.61. The quantitative estimate of drug-likeness (QED) is 0.705. The molecule has 0 unspecified atom stereocenters. The standard InChI is InChI=1S/C16H26N2O2/c1-4-18(5-2)16(19)11-12-17-13-14-7-9-15(10-8-14)20-6-3/h7-10,17H,4-6,11-13H2,1-3H3. The van der Waals surface area contributed by atoms with Crippen LogP contribution in [0.1, 0.15) is 32.8 Å². The first-order valence-corrected chi connectivity index (χ1v) is 7.41. The van der Waals surface area contributed by atoms with Gasteiger partial charge in [-0.3, -0.25) is 4.79 Å². The van der Waals surface area contributed by atoms with E-state index >= 15 is 0 Å². The molecule has 4 nitrogen and oxygen atoms in total. The largest absolute Gasteiger partial charge is 0.494 e. The molecule has 4 heteroatoms. The number of hydrogen-bond donors (Lipinski definition) is 1. The summed E-state index contributed by atoms with van der Waals surface area (Å²) in [6.45, 7) is 9.74. The molecule has 0 radical (unpaired) electrons. The van der Waals surface area contributed by atoms with Crippen LogP contribution in [0.5, 0.6) is 5.75 Å². The Morgan fingerprint density at radius 1 is 1.15 bits per heavy atom. The molecule has 0 spiro atoms. The Labute approximate surface area is 122 Å². The molecular weight excluding hydrogens is 252 g/mol. The molecule has 0 saturated heterocycles. The molecule has 0 bridgehead atoms. The van der Waals surface area contributed by atoms with Crippen molar-refractivity contribution in [3.05, 3.63) is 29.8 Å². The fourth-order valence-corrected chi connectivity index (χ4v) is 2.03. The summed E-state index contributed by atoms with van der Waals surface area (Å²) in [6, 6.07) is 8.04. The fraction of sp³-hybridized carbons (Fsp3) is 0.562. The van der Waals surface area contributed by atoms with E-state index in [1.54, 1.807) is 0 Å². The third-order valence-corrected chi connectivity index (χ3v) is 3.20. The van der Waals surface area contributed by atoms with Crippen molar-refractivity contribution in [2.45, 2.75) is 33.7 Å². The normalized spacial score (nSPS) is 10.3. The lowest BCUT2D eigenvalue weighted by Gasteiger charge is -2.18. The summed E-state index contributed by atoms with van der Waals surface area (Å²) in [5.74, 6) is 1.11. The molecule has 0 aromatic heterocycles. The first-order chi connectivity index (χ1) is 9.71. The second-order valence-electron chi connectivity index (χ2n) is 4.57. The van der Waals surface area contributed by atoms with Gasteiger partial charge in [-0.05, 0) is 38.5 Å². The van der Waals surface area contributed by atoms with Crippen LogP contribution in [0.15, 0.2) is 24.3 Å². The van der Waals surface area contributed by atoms with Gasteiger partial charge in [-0.1, -0.05) is 12.1 Å². The first-order valence-electron chi connectivity index (χ1n) is 7.41. The van der Waals surface area contributed by atoms with E-state index in [1.165, 1.54) is 5.56 Å². The zero-order chi connectivity index (χ0) is 14.8. The summed E-state index contributed by atoms with van der Waals surface area (Å²) in [4.78, 5) is 13.7. The molecule has 112 valence electrons. The molecule has 0 aliphatic carbocycles. The fourth-order valence-electron chi connectivity index (χ4n) is 2.03. The van der Waals surface area contributed by atoms with Crippen molar-refractivity contribution < 1.29 is 9.53 Å². The van der Waals surface area contributed by atoms with Crippen LogP contribution in [-0.4, -0.2) is 37.0 Å². The highest BCUT2D eigenvalue weighted by molar-refractivity contribution is 5.76.